The summed E-state index contributed by atoms with van der Waals surface area (Å²) < 4.78 is 0.922. The highest BCUT2D eigenvalue weighted by molar-refractivity contribution is 9.09. The van der Waals surface area contributed by atoms with Crippen molar-refractivity contribution in [2.75, 3.05) is 0 Å². The van der Waals surface area contributed by atoms with Crippen LogP contribution in [0.15, 0.2) is 12.1 Å². The van der Waals surface area contributed by atoms with E-state index in [0.29, 0.717) is 0 Å². The predicted molar refractivity (Wildman–Crippen MR) is 67.7 cm³/mol. The van der Waals surface area contributed by atoms with Crippen LogP contribution in [0.4, 0.5) is 0 Å². The Morgan fingerprint density at radius 3 is 2.93 bits per heavy atom. The molecule has 1 aliphatic rings. The summed E-state index contributed by atoms with van der Waals surface area (Å²) in [6.45, 7) is 0. The quantitative estimate of drug-likeness (QED) is 0.681. The van der Waals surface area contributed by atoms with E-state index in [-0.39, 0.29) is 0 Å². The van der Waals surface area contributed by atoms with Gasteiger partial charge in [-0.1, -0.05) is 40.4 Å². The summed E-state index contributed by atoms with van der Waals surface area (Å²) in [7, 11) is 0. The molecule has 0 amide bonds. The van der Waals surface area contributed by atoms with Crippen molar-refractivity contribution in [1.82, 2.24) is 0 Å². The number of rotatable bonds is 2. The van der Waals surface area contributed by atoms with Gasteiger partial charge in [-0.25, -0.2) is 0 Å². The minimum atomic E-state index is 0.747. The molecule has 0 N–H and O–H groups in total. The van der Waals surface area contributed by atoms with Crippen LogP contribution in [0.3, 0.4) is 0 Å². The summed E-state index contributed by atoms with van der Waals surface area (Å²) in [6, 6.07) is 4.18. The Morgan fingerprint density at radius 2 is 2.29 bits per heavy atom. The lowest BCUT2D eigenvalue weighted by atomic mass is 9.86. The van der Waals surface area contributed by atoms with Crippen LogP contribution in [0.2, 0.25) is 4.34 Å². The maximum absolute atomic E-state index is 5.92. The maximum atomic E-state index is 5.92. The fourth-order valence-electron chi connectivity index (χ4n) is 2.16. The SMILES string of the molecule is Clc1ccc(CC2CCCC(Br)C2)s1. The zero-order valence-corrected chi connectivity index (χ0v) is 11.2. The summed E-state index contributed by atoms with van der Waals surface area (Å²) in [5, 5.41) is 0. The van der Waals surface area contributed by atoms with Gasteiger partial charge < -0.3 is 0 Å². The molecule has 0 aromatic carbocycles. The zero-order valence-electron chi connectivity index (χ0n) is 8.01. The second-order valence-corrected chi connectivity index (χ2v) is 7.13. The summed E-state index contributed by atoms with van der Waals surface area (Å²) >= 11 is 11.4. The molecule has 0 aliphatic heterocycles. The molecular weight excluding hydrogens is 280 g/mol. The molecule has 2 rings (SSSR count). The van der Waals surface area contributed by atoms with Gasteiger partial charge in [0.15, 0.2) is 0 Å². The number of alkyl halides is 1. The third-order valence-electron chi connectivity index (χ3n) is 2.84. The van der Waals surface area contributed by atoms with E-state index < -0.39 is 0 Å². The van der Waals surface area contributed by atoms with Crippen molar-refractivity contribution in [3.63, 3.8) is 0 Å². The van der Waals surface area contributed by atoms with Crippen molar-refractivity contribution in [1.29, 1.82) is 0 Å². The average Bonchev–Trinajstić information content (AvgIpc) is 2.51. The standard InChI is InChI=1S/C11H14BrClS/c12-9-3-1-2-8(6-9)7-10-4-5-11(13)14-10/h4-5,8-9H,1-3,6-7H2. The van der Waals surface area contributed by atoms with Gasteiger partial charge in [0.05, 0.1) is 4.34 Å². The van der Waals surface area contributed by atoms with Crippen LogP contribution in [-0.2, 0) is 6.42 Å². The summed E-state index contributed by atoms with van der Waals surface area (Å²) in [6.07, 6.45) is 6.66. The van der Waals surface area contributed by atoms with Gasteiger partial charge in [0.2, 0.25) is 0 Å². The second-order valence-electron chi connectivity index (χ2n) is 4.04. The molecule has 0 bridgehead atoms. The highest BCUT2D eigenvalue weighted by Gasteiger charge is 2.20. The first-order chi connectivity index (χ1) is 6.74. The Kier molecular flexibility index (Phi) is 3.92. The molecular formula is C11H14BrClS. The van der Waals surface area contributed by atoms with Gasteiger partial charge >= 0.3 is 0 Å². The van der Waals surface area contributed by atoms with Crippen molar-refractivity contribution in [2.45, 2.75) is 36.9 Å². The molecule has 1 aromatic rings. The van der Waals surface area contributed by atoms with Gasteiger partial charge in [0.25, 0.3) is 0 Å². The lowest BCUT2D eigenvalue weighted by Crippen LogP contribution is -2.16. The first-order valence-electron chi connectivity index (χ1n) is 5.12. The summed E-state index contributed by atoms with van der Waals surface area (Å²) in [5.74, 6) is 0.864. The number of hydrogen-bond donors (Lipinski definition) is 0. The molecule has 1 aliphatic carbocycles. The van der Waals surface area contributed by atoms with Crippen LogP contribution in [0.1, 0.15) is 30.6 Å². The van der Waals surface area contributed by atoms with E-state index in [1.165, 1.54) is 37.0 Å². The second kappa shape index (κ2) is 5.00. The Hall–Kier alpha value is 0.470. The molecule has 14 heavy (non-hydrogen) atoms. The smallest absolute Gasteiger partial charge is 0.0931 e. The first kappa shape index (κ1) is 11.0. The van der Waals surface area contributed by atoms with Gasteiger partial charge in [-0.05, 0) is 37.3 Å². The van der Waals surface area contributed by atoms with Gasteiger partial charge in [-0.3, -0.25) is 0 Å². The van der Waals surface area contributed by atoms with E-state index in [1.807, 2.05) is 6.07 Å². The van der Waals surface area contributed by atoms with Crippen molar-refractivity contribution in [2.24, 2.45) is 5.92 Å². The van der Waals surface area contributed by atoms with E-state index in [2.05, 4.69) is 22.0 Å². The lowest BCUT2D eigenvalue weighted by molar-refractivity contribution is 0.369. The molecule has 78 valence electrons. The van der Waals surface area contributed by atoms with Crippen LogP contribution in [0.5, 0.6) is 0 Å². The fourth-order valence-corrected chi connectivity index (χ4v) is 4.21. The van der Waals surface area contributed by atoms with E-state index in [1.54, 1.807) is 11.3 Å². The molecule has 2 unspecified atom stereocenters. The van der Waals surface area contributed by atoms with Crippen molar-refractivity contribution >= 4 is 38.9 Å². The molecule has 0 spiro atoms. The third-order valence-corrected chi connectivity index (χ3v) is 4.92. The van der Waals surface area contributed by atoms with E-state index in [0.717, 1.165) is 15.1 Å². The highest BCUT2D eigenvalue weighted by atomic mass is 79.9. The average molecular weight is 294 g/mol. The molecule has 3 heteroatoms. The number of hydrogen-bond acceptors (Lipinski definition) is 1. The van der Waals surface area contributed by atoms with Gasteiger partial charge in [-0.15, -0.1) is 11.3 Å². The first-order valence-corrected chi connectivity index (χ1v) is 7.23. The van der Waals surface area contributed by atoms with Crippen LogP contribution >= 0.6 is 38.9 Å². The molecule has 1 aromatic heterocycles. The zero-order chi connectivity index (χ0) is 9.97. The van der Waals surface area contributed by atoms with Crippen LogP contribution in [-0.4, -0.2) is 4.83 Å². The molecule has 1 saturated carbocycles. The molecule has 2 atom stereocenters. The minimum Gasteiger partial charge on any atom is -0.128 e. The Morgan fingerprint density at radius 1 is 1.43 bits per heavy atom. The predicted octanol–water partition coefficient (Wildman–Crippen LogP) is 4.90. The van der Waals surface area contributed by atoms with Crippen LogP contribution in [0, 0.1) is 5.92 Å². The largest absolute Gasteiger partial charge is 0.128 e. The third kappa shape index (κ3) is 2.98. The fraction of sp³-hybridized carbons (Fsp3) is 0.636. The topological polar surface area (TPSA) is 0 Å². The normalized spacial score (nSPS) is 27.9. The van der Waals surface area contributed by atoms with Crippen molar-refractivity contribution in [3.8, 4) is 0 Å². The van der Waals surface area contributed by atoms with Crippen LogP contribution < -0.4 is 0 Å². The Labute approximate surface area is 103 Å². The molecule has 0 radical (unpaired) electrons. The summed E-state index contributed by atoms with van der Waals surface area (Å²) in [4.78, 5) is 2.19. The highest BCUT2D eigenvalue weighted by Crippen LogP contribution is 2.33. The maximum Gasteiger partial charge on any atom is 0.0931 e. The molecule has 1 heterocycles. The molecule has 0 saturated heterocycles. The van der Waals surface area contributed by atoms with E-state index in [9.17, 15) is 0 Å². The Balaban J connectivity index is 1.90. The van der Waals surface area contributed by atoms with Gasteiger partial charge in [-0.2, -0.15) is 0 Å². The van der Waals surface area contributed by atoms with E-state index in [4.69, 9.17) is 11.6 Å². The molecule has 1 fully saturated rings. The molecule has 0 nitrogen and oxygen atoms in total. The number of thiophene rings is 1. The van der Waals surface area contributed by atoms with Gasteiger partial charge in [0.1, 0.15) is 0 Å². The van der Waals surface area contributed by atoms with Gasteiger partial charge in [0, 0.05) is 9.70 Å². The number of halogens is 2. The van der Waals surface area contributed by atoms with Crippen molar-refractivity contribution < 1.29 is 0 Å². The van der Waals surface area contributed by atoms with E-state index >= 15 is 0 Å². The lowest BCUT2D eigenvalue weighted by Gasteiger charge is -2.25. The Bertz CT molecular complexity index is 297. The monoisotopic (exact) mass is 292 g/mol. The van der Waals surface area contributed by atoms with Crippen LogP contribution in [0.25, 0.3) is 0 Å². The summed E-state index contributed by atoms with van der Waals surface area (Å²) in [5.41, 5.74) is 0. The van der Waals surface area contributed by atoms with Crippen molar-refractivity contribution in [3.05, 3.63) is 21.3 Å². The minimum absolute atomic E-state index is 0.747.